The fourth-order valence-corrected chi connectivity index (χ4v) is 1.86. The summed E-state index contributed by atoms with van der Waals surface area (Å²) in [5.74, 6) is -0.336. The predicted molar refractivity (Wildman–Crippen MR) is 50.7 cm³/mol. The van der Waals surface area contributed by atoms with Crippen LogP contribution in [0, 0.1) is 17.2 Å². The minimum Gasteiger partial charge on any atom is -0.364 e. The summed E-state index contributed by atoms with van der Waals surface area (Å²) in [5.41, 5.74) is 0.263. The lowest BCUT2D eigenvalue weighted by molar-refractivity contribution is 0.0923. The molecular formula is C10H11N3O2. The average molecular weight is 205 g/mol. The average Bonchev–Trinajstić information content (AvgIpc) is 2.87. The highest BCUT2D eigenvalue weighted by Gasteiger charge is 2.29. The summed E-state index contributed by atoms with van der Waals surface area (Å²) in [4.78, 5) is 11.6. The molecule has 1 saturated carbocycles. The first-order valence-corrected chi connectivity index (χ1v) is 4.92. The first kappa shape index (κ1) is 9.71. The van der Waals surface area contributed by atoms with E-state index >= 15 is 0 Å². The molecule has 1 N–H and O–H groups in total. The van der Waals surface area contributed by atoms with Crippen molar-refractivity contribution in [3.05, 3.63) is 18.0 Å². The molecule has 0 aliphatic heterocycles. The van der Waals surface area contributed by atoms with Gasteiger partial charge in [0.1, 0.15) is 6.26 Å². The molecule has 15 heavy (non-hydrogen) atoms. The normalized spacial score (nSPS) is 24.7. The van der Waals surface area contributed by atoms with Gasteiger partial charge in [-0.1, -0.05) is 5.16 Å². The van der Waals surface area contributed by atoms with E-state index in [9.17, 15) is 4.79 Å². The molecule has 0 radical (unpaired) electrons. The molecule has 1 aromatic heterocycles. The van der Waals surface area contributed by atoms with Gasteiger partial charge in [0.05, 0.1) is 12.0 Å². The number of nitrogens with one attached hydrogen (secondary N) is 1. The third kappa shape index (κ3) is 1.99. The molecule has 78 valence electrons. The summed E-state index contributed by atoms with van der Waals surface area (Å²) in [7, 11) is 0. The number of nitrogens with zero attached hydrogens (tertiary/aromatic N) is 2. The summed E-state index contributed by atoms with van der Waals surface area (Å²) < 4.78 is 4.58. The monoisotopic (exact) mass is 205 g/mol. The molecule has 5 heteroatoms. The smallest absolute Gasteiger partial charge is 0.273 e. The van der Waals surface area contributed by atoms with E-state index in [1.807, 2.05) is 0 Å². The van der Waals surface area contributed by atoms with Crippen LogP contribution in [0.1, 0.15) is 29.8 Å². The number of nitriles is 1. The van der Waals surface area contributed by atoms with Crippen LogP contribution < -0.4 is 5.32 Å². The molecule has 2 rings (SSSR count). The number of hydrogen-bond acceptors (Lipinski definition) is 4. The van der Waals surface area contributed by atoms with Crippen molar-refractivity contribution in [1.29, 1.82) is 5.26 Å². The van der Waals surface area contributed by atoms with E-state index < -0.39 is 0 Å². The quantitative estimate of drug-likeness (QED) is 0.784. The van der Waals surface area contributed by atoms with Crippen molar-refractivity contribution in [2.75, 3.05) is 0 Å². The lowest BCUT2D eigenvalue weighted by Crippen LogP contribution is -2.37. The number of carbonyl (C=O) groups is 1. The Morgan fingerprint density at radius 1 is 1.67 bits per heavy atom. The van der Waals surface area contributed by atoms with Crippen molar-refractivity contribution in [3.8, 4) is 6.07 Å². The molecule has 1 aliphatic carbocycles. The predicted octanol–water partition coefficient (Wildman–Crippen LogP) is 1.10. The van der Waals surface area contributed by atoms with Crippen LogP contribution >= 0.6 is 0 Å². The Bertz CT molecular complexity index is 380. The van der Waals surface area contributed by atoms with E-state index in [1.165, 1.54) is 12.3 Å². The first-order chi connectivity index (χ1) is 7.31. The van der Waals surface area contributed by atoms with Gasteiger partial charge in [-0.15, -0.1) is 0 Å². The minimum absolute atomic E-state index is 0.0424. The molecule has 0 bridgehead atoms. The van der Waals surface area contributed by atoms with Crippen LogP contribution in [0.15, 0.2) is 16.9 Å². The molecule has 2 unspecified atom stereocenters. The van der Waals surface area contributed by atoms with Crippen molar-refractivity contribution in [3.63, 3.8) is 0 Å². The van der Waals surface area contributed by atoms with E-state index in [-0.39, 0.29) is 23.6 Å². The molecule has 2 atom stereocenters. The highest BCUT2D eigenvalue weighted by atomic mass is 16.5. The van der Waals surface area contributed by atoms with Crippen LogP contribution in [0.4, 0.5) is 0 Å². The van der Waals surface area contributed by atoms with Crippen molar-refractivity contribution < 1.29 is 9.32 Å². The zero-order valence-electron chi connectivity index (χ0n) is 8.14. The maximum atomic E-state index is 11.6. The van der Waals surface area contributed by atoms with E-state index in [0.717, 1.165) is 19.3 Å². The SMILES string of the molecule is N#CC1CCCC1NC(=O)c1ccon1. The van der Waals surface area contributed by atoms with E-state index in [2.05, 4.69) is 21.1 Å². The standard InChI is InChI=1S/C10H11N3O2/c11-6-7-2-1-3-8(7)12-10(14)9-4-5-15-13-9/h4-5,7-8H,1-3H2,(H,12,14). The van der Waals surface area contributed by atoms with E-state index in [1.54, 1.807) is 0 Å². The fraction of sp³-hybridized carbons (Fsp3) is 0.500. The van der Waals surface area contributed by atoms with Crippen LogP contribution in [-0.4, -0.2) is 17.1 Å². The zero-order chi connectivity index (χ0) is 10.7. The Morgan fingerprint density at radius 2 is 2.53 bits per heavy atom. The summed E-state index contributed by atoms with van der Waals surface area (Å²) in [6.07, 6.45) is 4.06. The number of rotatable bonds is 2. The number of carbonyl (C=O) groups excluding carboxylic acids is 1. The Labute approximate surface area is 87.0 Å². The Hall–Kier alpha value is -1.83. The van der Waals surface area contributed by atoms with Gasteiger partial charge in [-0.25, -0.2) is 0 Å². The molecule has 5 nitrogen and oxygen atoms in total. The highest BCUT2D eigenvalue weighted by Crippen LogP contribution is 2.24. The summed E-state index contributed by atoms with van der Waals surface area (Å²) >= 11 is 0. The van der Waals surface area contributed by atoms with Crippen LogP contribution in [0.5, 0.6) is 0 Å². The second-order valence-corrected chi connectivity index (χ2v) is 3.63. The first-order valence-electron chi connectivity index (χ1n) is 4.92. The molecule has 1 aromatic rings. The van der Waals surface area contributed by atoms with Crippen molar-refractivity contribution in [1.82, 2.24) is 10.5 Å². The van der Waals surface area contributed by atoms with Gasteiger partial charge in [0.2, 0.25) is 0 Å². The van der Waals surface area contributed by atoms with Crippen LogP contribution in [0.2, 0.25) is 0 Å². The van der Waals surface area contributed by atoms with Gasteiger partial charge in [-0.3, -0.25) is 4.79 Å². The van der Waals surface area contributed by atoms with Gasteiger partial charge in [0, 0.05) is 12.1 Å². The largest absolute Gasteiger partial charge is 0.364 e. The van der Waals surface area contributed by atoms with Crippen LogP contribution in [0.25, 0.3) is 0 Å². The molecule has 1 heterocycles. The molecule has 1 fully saturated rings. The van der Waals surface area contributed by atoms with Crippen molar-refractivity contribution in [2.45, 2.75) is 25.3 Å². The van der Waals surface area contributed by atoms with Gasteiger partial charge in [-0.05, 0) is 19.3 Å². The third-order valence-corrected chi connectivity index (χ3v) is 2.67. The lowest BCUT2D eigenvalue weighted by atomic mass is 10.1. The summed E-state index contributed by atoms with van der Waals surface area (Å²) in [6, 6.07) is 3.67. The van der Waals surface area contributed by atoms with Gasteiger partial charge >= 0.3 is 0 Å². The van der Waals surface area contributed by atoms with Crippen molar-refractivity contribution in [2.24, 2.45) is 5.92 Å². The van der Waals surface area contributed by atoms with Gasteiger partial charge < -0.3 is 9.84 Å². The second-order valence-electron chi connectivity index (χ2n) is 3.63. The Morgan fingerprint density at radius 3 is 3.20 bits per heavy atom. The second kappa shape index (κ2) is 4.13. The Kier molecular flexibility index (Phi) is 2.68. The summed E-state index contributed by atoms with van der Waals surface area (Å²) in [6.45, 7) is 0. The maximum absolute atomic E-state index is 11.6. The Balaban J connectivity index is 1.98. The highest BCUT2D eigenvalue weighted by molar-refractivity contribution is 5.92. The molecular weight excluding hydrogens is 194 g/mol. The van der Waals surface area contributed by atoms with Gasteiger partial charge in [0.15, 0.2) is 5.69 Å². The van der Waals surface area contributed by atoms with Crippen LogP contribution in [-0.2, 0) is 0 Å². The van der Waals surface area contributed by atoms with Crippen LogP contribution in [0.3, 0.4) is 0 Å². The number of aromatic nitrogens is 1. The molecule has 0 saturated heterocycles. The van der Waals surface area contributed by atoms with Gasteiger partial charge in [-0.2, -0.15) is 5.26 Å². The van der Waals surface area contributed by atoms with E-state index in [4.69, 9.17) is 5.26 Å². The maximum Gasteiger partial charge on any atom is 0.273 e. The van der Waals surface area contributed by atoms with Gasteiger partial charge in [0.25, 0.3) is 5.91 Å². The molecule has 1 amide bonds. The summed E-state index contributed by atoms with van der Waals surface area (Å²) in [5, 5.41) is 15.2. The zero-order valence-corrected chi connectivity index (χ0v) is 8.14. The molecule has 0 aromatic carbocycles. The molecule has 1 aliphatic rings. The fourth-order valence-electron chi connectivity index (χ4n) is 1.86. The number of hydrogen-bond donors (Lipinski definition) is 1. The van der Waals surface area contributed by atoms with Crippen molar-refractivity contribution >= 4 is 5.91 Å². The molecule has 0 spiro atoms. The lowest BCUT2D eigenvalue weighted by Gasteiger charge is -2.13. The van der Waals surface area contributed by atoms with E-state index in [0.29, 0.717) is 0 Å². The third-order valence-electron chi connectivity index (χ3n) is 2.67. The minimum atomic E-state index is -0.268. The topological polar surface area (TPSA) is 78.9 Å². The number of amides is 1.